The van der Waals surface area contributed by atoms with Gasteiger partial charge in [-0.3, -0.25) is 9.97 Å². The lowest BCUT2D eigenvalue weighted by Crippen LogP contribution is -2.12. The van der Waals surface area contributed by atoms with Crippen LogP contribution < -0.4 is 4.74 Å². The van der Waals surface area contributed by atoms with Gasteiger partial charge in [0.15, 0.2) is 0 Å². The molecule has 23 heavy (non-hydrogen) atoms. The van der Waals surface area contributed by atoms with Crippen molar-refractivity contribution in [1.29, 1.82) is 0 Å². The van der Waals surface area contributed by atoms with Crippen LogP contribution >= 0.6 is 0 Å². The van der Waals surface area contributed by atoms with Crippen molar-refractivity contribution in [2.75, 3.05) is 13.2 Å². The zero-order valence-corrected chi connectivity index (χ0v) is 12.7. The van der Waals surface area contributed by atoms with Gasteiger partial charge in [0.1, 0.15) is 19.0 Å². The van der Waals surface area contributed by atoms with Crippen molar-refractivity contribution in [1.82, 2.24) is 9.97 Å². The number of carbonyl (C=O) groups is 1. The third-order valence-electron chi connectivity index (χ3n) is 3.28. The summed E-state index contributed by atoms with van der Waals surface area (Å²) >= 11 is 0. The normalized spacial score (nSPS) is 10.5. The van der Waals surface area contributed by atoms with Crippen molar-refractivity contribution in [3.05, 3.63) is 66.0 Å². The van der Waals surface area contributed by atoms with E-state index in [1.165, 1.54) is 0 Å². The van der Waals surface area contributed by atoms with Crippen LogP contribution in [0.25, 0.3) is 11.0 Å². The van der Waals surface area contributed by atoms with Gasteiger partial charge in [-0.2, -0.15) is 0 Å². The fourth-order valence-electron chi connectivity index (χ4n) is 2.17. The molecule has 3 rings (SSSR count). The quantitative estimate of drug-likeness (QED) is 0.535. The SMILES string of the molecule is Cc1cccc(OCCOC(=O)c2ccc3nccnc3c2)c1. The molecule has 3 aromatic rings. The molecule has 0 fully saturated rings. The molecule has 5 heteroatoms. The van der Waals surface area contributed by atoms with E-state index in [1.807, 2.05) is 31.2 Å². The molecule has 0 spiro atoms. The predicted molar refractivity (Wildman–Crippen MR) is 86.5 cm³/mol. The highest BCUT2D eigenvalue weighted by molar-refractivity contribution is 5.93. The van der Waals surface area contributed by atoms with Gasteiger partial charge in [0.2, 0.25) is 0 Å². The summed E-state index contributed by atoms with van der Waals surface area (Å²) in [6, 6.07) is 12.8. The average molecular weight is 308 g/mol. The third kappa shape index (κ3) is 3.83. The van der Waals surface area contributed by atoms with Crippen LogP contribution in [0.1, 0.15) is 15.9 Å². The Labute approximate surface area is 133 Å². The highest BCUT2D eigenvalue weighted by atomic mass is 16.6. The van der Waals surface area contributed by atoms with Crippen molar-refractivity contribution < 1.29 is 14.3 Å². The molecule has 0 radical (unpaired) electrons. The highest BCUT2D eigenvalue weighted by Crippen LogP contribution is 2.13. The molecular weight excluding hydrogens is 292 g/mol. The number of hydrogen-bond donors (Lipinski definition) is 0. The second-order valence-corrected chi connectivity index (χ2v) is 5.06. The monoisotopic (exact) mass is 308 g/mol. The van der Waals surface area contributed by atoms with Gasteiger partial charge in [-0.15, -0.1) is 0 Å². The molecule has 0 N–H and O–H groups in total. The van der Waals surface area contributed by atoms with Crippen LogP contribution in [0.2, 0.25) is 0 Å². The van der Waals surface area contributed by atoms with Crippen LogP contribution in [0.5, 0.6) is 5.75 Å². The van der Waals surface area contributed by atoms with Gasteiger partial charge in [-0.05, 0) is 42.8 Å². The van der Waals surface area contributed by atoms with E-state index in [4.69, 9.17) is 9.47 Å². The molecule has 116 valence electrons. The minimum absolute atomic E-state index is 0.186. The lowest BCUT2D eigenvalue weighted by molar-refractivity contribution is 0.0450. The smallest absolute Gasteiger partial charge is 0.338 e. The molecule has 0 atom stereocenters. The lowest BCUT2D eigenvalue weighted by Gasteiger charge is -2.08. The number of rotatable bonds is 5. The van der Waals surface area contributed by atoms with Crippen molar-refractivity contribution >= 4 is 17.0 Å². The highest BCUT2D eigenvalue weighted by Gasteiger charge is 2.08. The Morgan fingerprint density at radius 3 is 2.65 bits per heavy atom. The number of carbonyl (C=O) groups excluding carboxylic acids is 1. The van der Waals surface area contributed by atoms with E-state index in [9.17, 15) is 4.79 Å². The minimum atomic E-state index is -0.398. The molecular formula is C18H16N2O3. The lowest BCUT2D eigenvalue weighted by atomic mass is 10.2. The van der Waals surface area contributed by atoms with E-state index >= 15 is 0 Å². The third-order valence-corrected chi connectivity index (χ3v) is 3.28. The standard InChI is InChI=1S/C18H16N2O3/c1-13-3-2-4-15(11-13)22-9-10-23-18(21)14-5-6-16-17(12-14)20-8-7-19-16/h2-8,11-12H,9-10H2,1H3. The minimum Gasteiger partial charge on any atom is -0.490 e. The van der Waals surface area contributed by atoms with Crippen LogP contribution in [0.15, 0.2) is 54.9 Å². The largest absolute Gasteiger partial charge is 0.490 e. The number of fused-ring (bicyclic) bond motifs is 1. The van der Waals surface area contributed by atoms with Crippen molar-refractivity contribution in [2.45, 2.75) is 6.92 Å². The summed E-state index contributed by atoms with van der Waals surface area (Å²) in [6.45, 7) is 2.49. The number of ether oxygens (including phenoxy) is 2. The maximum Gasteiger partial charge on any atom is 0.338 e. The number of aromatic nitrogens is 2. The summed E-state index contributed by atoms with van der Waals surface area (Å²) in [5.41, 5.74) is 2.98. The van der Waals surface area contributed by atoms with Crippen LogP contribution in [-0.4, -0.2) is 29.2 Å². The van der Waals surface area contributed by atoms with Gasteiger partial charge in [0, 0.05) is 12.4 Å². The molecule has 0 unspecified atom stereocenters. The van der Waals surface area contributed by atoms with Gasteiger partial charge in [0.25, 0.3) is 0 Å². The van der Waals surface area contributed by atoms with E-state index in [2.05, 4.69) is 9.97 Å². The molecule has 0 aliphatic rings. The molecule has 2 aromatic carbocycles. The number of hydrogen-bond acceptors (Lipinski definition) is 5. The van der Waals surface area contributed by atoms with Crippen molar-refractivity contribution in [3.63, 3.8) is 0 Å². The molecule has 0 bridgehead atoms. The number of nitrogens with zero attached hydrogens (tertiary/aromatic N) is 2. The van der Waals surface area contributed by atoms with Crippen LogP contribution in [0.4, 0.5) is 0 Å². The van der Waals surface area contributed by atoms with Crippen molar-refractivity contribution in [2.24, 2.45) is 0 Å². The Hall–Kier alpha value is -2.95. The Bertz CT molecular complexity index is 833. The number of benzene rings is 2. The first-order valence-corrected chi connectivity index (χ1v) is 7.30. The molecule has 1 heterocycles. The molecule has 5 nitrogen and oxygen atoms in total. The topological polar surface area (TPSA) is 61.3 Å². The van der Waals surface area contributed by atoms with Gasteiger partial charge >= 0.3 is 5.97 Å². The van der Waals surface area contributed by atoms with Crippen LogP contribution in [-0.2, 0) is 4.74 Å². The summed E-state index contributed by atoms with van der Waals surface area (Å²) in [7, 11) is 0. The maximum absolute atomic E-state index is 12.0. The fraction of sp³-hybridized carbons (Fsp3) is 0.167. The van der Waals surface area contributed by atoms with Crippen LogP contribution in [0.3, 0.4) is 0 Å². The molecule has 1 aromatic heterocycles. The van der Waals surface area contributed by atoms with E-state index in [1.54, 1.807) is 30.6 Å². The van der Waals surface area contributed by atoms with Gasteiger partial charge in [0.05, 0.1) is 16.6 Å². The van der Waals surface area contributed by atoms with Gasteiger partial charge < -0.3 is 9.47 Å². The second-order valence-electron chi connectivity index (χ2n) is 5.06. The summed E-state index contributed by atoms with van der Waals surface area (Å²) in [4.78, 5) is 20.4. The van der Waals surface area contributed by atoms with E-state index in [0.717, 1.165) is 16.8 Å². The van der Waals surface area contributed by atoms with E-state index in [-0.39, 0.29) is 6.61 Å². The van der Waals surface area contributed by atoms with Gasteiger partial charge in [-0.1, -0.05) is 12.1 Å². The molecule has 0 aliphatic carbocycles. The first kappa shape index (κ1) is 15.0. The average Bonchev–Trinajstić information content (AvgIpc) is 2.58. The molecule has 0 saturated carbocycles. The number of aryl methyl sites for hydroxylation is 1. The van der Waals surface area contributed by atoms with Gasteiger partial charge in [-0.25, -0.2) is 4.79 Å². The first-order chi connectivity index (χ1) is 11.2. The Morgan fingerprint density at radius 2 is 1.83 bits per heavy atom. The van der Waals surface area contributed by atoms with Crippen molar-refractivity contribution in [3.8, 4) is 5.75 Å². The molecule has 0 amide bonds. The predicted octanol–water partition coefficient (Wildman–Crippen LogP) is 3.17. The second kappa shape index (κ2) is 6.87. The van der Waals surface area contributed by atoms with E-state index < -0.39 is 5.97 Å². The Kier molecular flexibility index (Phi) is 4.47. The Balaban J connectivity index is 1.54. The maximum atomic E-state index is 12.0. The summed E-state index contributed by atoms with van der Waals surface area (Å²) < 4.78 is 10.8. The summed E-state index contributed by atoms with van der Waals surface area (Å²) in [5.74, 6) is 0.368. The summed E-state index contributed by atoms with van der Waals surface area (Å²) in [5, 5.41) is 0. The molecule has 0 saturated heterocycles. The fourth-order valence-corrected chi connectivity index (χ4v) is 2.17. The Morgan fingerprint density at radius 1 is 1.00 bits per heavy atom. The van der Waals surface area contributed by atoms with E-state index in [0.29, 0.717) is 17.7 Å². The zero-order chi connectivity index (χ0) is 16.1. The van der Waals surface area contributed by atoms with Crippen LogP contribution in [0, 0.1) is 6.92 Å². The summed E-state index contributed by atoms with van der Waals surface area (Å²) in [6.07, 6.45) is 3.20. The number of esters is 1. The first-order valence-electron chi connectivity index (χ1n) is 7.30. The zero-order valence-electron chi connectivity index (χ0n) is 12.7. The molecule has 0 aliphatic heterocycles.